The highest BCUT2D eigenvalue weighted by Crippen LogP contribution is 2.35. The van der Waals surface area contributed by atoms with Crippen LogP contribution in [0.25, 0.3) is 32.1 Å². The smallest absolute Gasteiger partial charge is 0.348 e. The number of fused-ring (bicyclic) bond motifs is 2. The second kappa shape index (κ2) is 5.42. The first-order valence-electron chi connectivity index (χ1n) is 7.47. The molecule has 3 heterocycles. The van der Waals surface area contributed by atoms with Gasteiger partial charge in [0.2, 0.25) is 0 Å². The van der Waals surface area contributed by atoms with Gasteiger partial charge in [0.05, 0.1) is 17.3 Å². The van der Waals surface area contributed by atoms with Crippen molar-refractivity contribution in [2.45, 2.75) is 6.92 Å². The zero-order chi connectivity index (χ0) is 16.8. The average Bonchev–Trinajstić information content (AvgIpc) is 3.16. The first-order chi connectivity index (χ1) is 11.6. The molecule has 0 saturated heterocycles. The van der Waals surface area contributed by atoms with Crippen LogP contribution in [0.1, 0.15) is 15.2 Å². The van der Waals surface area contributed by atoms with E-state index < -0.39 is 0 Å². The second-order valence-corrected chi connectivity index (χ2v) is 6.82. The quantitative estimate of drug-likeness (QED) is 0.520. The Balaban J connectivity index is 1.95. The molecule has 0 saturated carbocycles. The van der Waals surface area contributed by atoms with Crippen LogP contribution >= 0.6 is 11.3 Å². The van der Waals surface area contributed by atoms with Crippen molar-refractivity contribution in [3.05, 3.63) is 47.2 Å². The maximum Gasteiger partial charge on any atom is 0.348 e. The molecule has 5 nitrogen and oxygen atoms in total. The van der Waals surface area contributed by atoms with Crippen LogP contribution in [0, 0.1) is 6.92 Å². The first kappa shape index (κ1) is 14.8. The monoisotopic (exact) mass is 337 g/mol. The summed E-state index contributed by atoms with van der Waals surface area (Å²) in [7, 11) is 3.31. The molecule has 0 fully saturated rings. The van der Waals surface area contributed by atoms with Gasteiger partial charge in [-0.15, -0.1) is 11.3 Å². The van der Waals surface area contributed by atoms with Crippen molar-refractivity contribution >= 4 is 38.3 Å². The van der Waals surface area contributed by atoms with Gasteiger partial charge in [-0.05, 0) is 36.2 Å². The molecule has 0 bridgehead atoms. The van der Waals surface area contributed by atoms with E-state index in [1.54, 1.807) is 6.20 Å². The standard InChI is InChI=1S/C18H15N3O2S/c1-10-4-11(5-12-9-21(2)20-17(10)12)14-7-19-8-16-13(14)6-15(24-16)18(22)23-3/h4-9H,1-3H3. The molecule has 0 unspecified atom stereocenters. The van der Waals surface area contributed by atoms with Gasteiger partial charge in [0.15, 0.2) is 0 Å². The van der Waals surface area contributed by atoms with Gasteiger partial charge in [-0.1, -0.05) is 0 Å². The van der Waals surface area contributed by atoms with Gasteiger partial charge < -0.3 is 4.74 Å². The molecule has 0 aliphatic rings. The average molecular weight is 337 g/mol. The molecule has 24 heavy (non-hydrogen) atoms. The van der Waals surface area contributed by atoms with E-state index in [0.29, 0.717) is 4.88 Å². The second-order valence-electron chi connectivity index (χ2n) is 5.73. The number of aryl methyl sites for hydroxylation is 2. The minimum atomic E-state index is -0.318. The van der Waals surface area contributed by atoms with Crippen molar-refractivity contribution in [3.8, 4) is 11.1 Å². The Kier molecular flexibility index (Phi) is 3.35. The minimum Gasteiger partial charge on any atom is -0.465 e. The van der Waals surface area contributed by atoms with Crippen LogP contribution < -0.4 is 0 Å². The Morgan fingerprint density at radius 3 is 2.88 bits per heavy atom. The fraction of sp³-hybridized carbons (Fsp3) is 0.167. The van der Waals surface area contributed by atoms with Crippen LogP contribution in [0.15, 0.2) is 36.8 Å². The zero-order valence-electron chi connectivity index (χ0n) is 13.5. The molecule has 4 aromatic rings. The van der Waals surface area contributed by atoms with E-state index >= 15 is 0 Å². The van der Waals surface area contributed by atoms with E-state index in [-0.39, 0.29) is 5.97 Å². The molecular formula is C18H15N3O2S. The molecule has 0 aliphatic carbocycles. The summed E-state index contributed by atoms with van der Waals surface area (Å²) in [6, 6.07) is 6.11. The molecular weight excluding hydrogens is 322 g/mol. The summed E-state index contributed by atoms with van der Waals surface area (Å²) in [6.45, 7) is 2.06. The summed E-state index contributed by atoms with van der Waals surface area (Å²) >= 11 is 1.40. The molecule has 3 aromatic heterocycles. The number of thiophene rings is 1. The molecule has 0 atom stereocenters. The third kappa shape index (κ3) is 2.27. The molecule has 0 aliphatic heterocycles. The number of ether oxygens (including phenoxy) is 1. The van der Waals surface area contributed by atoms with Crippen molar-refractivity contribution < 1.29 is 9.53 Å². The number of nitrogens with zero attached hydrogens (tertiary/aromatic N) is 3. The first-order valence-corrected chi connectivity index (χ1v) is 8.28. The van der Waals surface area contributed by atoms with Crippen molar-refractivity contribution in [3.63, 3.8) is 0 Å². The molecule has 0 radical (unpaired) electrons. The van der Waals surface area contributed by atoms with Crippen LogP contribution in [0.3, 0.4) is 0 Å². The van der Waals surface area contributed by atoms with Crippen molar-refractivity contribution in [1.82, 2.24) is 14.8 Å². The van der Waals surface area contributed by atoms with E-state index in [9.17, 15) is 4.79 Å². The van der Waals surface area contributed by atoms with Gasteiger partial charge in [-0.3, -0.25) is 9.67 Å². The predicted molar refractivity (Wildman–Crippen MR) is 95.4 cm³/mol. The van der Waals surface area contributed by atoms with Crippen LogP contribution in [-0.2, 0) is 11.8 Å². The van der Waals surface area contributed by atoms with Crippen LogP contribution in [-0.4, -0.2) is 27.8 Å². The predicted octanol–water partition coefficient (Wildman–Crippen LogP) is 3.95. The third-order valence-corrected chi connectivity index (χ3v) is 5.11. The zero-order valence-corrected chi connectivity index (χ0v) is 14.3. The normalized spacial score (nSPS) is 11.3. The van der Waals surface area contributed by atoms with E-state index in [0.717, 1.165) is 37.7 Å². The molecule has 1 aromatic carbocycles. The lowest BCUT2D eigenvalue weighted by Gasteiger charge is -2.05. The number of benzene rings is 1. The van der Waals surface area contributed by atoms with Gasteiger partial charge in [-0.2, -0.15) is 5.10 Å². The Bertz CT molecular complexity index is 1090. The SMILES string of the molecule is COC(=O)c1cc2c(-c3cc(C)c4nn(C)cc4c3)cncc2s1. The summed E-state index contributed by atoms with van der Waals surface area (Å²) in [5.41, 5.74) is 4.19. The maximum absolute atomic E-state index is 11.8. The summed E-state index contributed by atoms with van der Waals surface area (Å²) in [6.07, 6.45) is 5.63. The Hall–Kier alpha value is -2.73. The Morgan fingerprint density at radius 2 is 2.08 bits per heavy atom. The lowest BCUT2D eigenvalue weighted by Crippen LogP contribution is -1.96. The van der Waals surface area contributed by atoms with Gasteiger partial charge in [0.25, 0.3) is 0 Å². The third-order valence-electron chi connectivity index (χ3n) is 4.06. The summed E-state index contributed by atoms with van der Waals surface area (Å²) in [5, 5.41) is 6.59. The number of pyridine rings is 1. The summed E-state index contributed by atoms with van der Waals surface area (Å²) < 4.78 is 7.62. The van der Waals surface area contributed by atoms with E-state index in [4.69, 9.17) is 4.74 Å². The molecule has 0 N–H and O–H groups in total. The number of esters is 1. The fourth-order valence-electron chi connectivity index (χ4n) is 2.98. The summed E-state index contributed by atoms with van der Waals surface area (Å²) in [4.78, 5) is 16.7. The molecule has 6 heteroatoms. The van der Waals surface area contributed by atoms with Gasteiger partial charge in [0, 0.05) is 42.0 Å². The maximum atomic E-state index is 11.8. The highest BCUT2D eigenvalue weighted by Gasteiger charge is 2.15. The largest absolute Gasteiger partial charge is 0.465 e. The number of hydrogen-bond acceptors (Lipinski definition) is 5. The van der Waals surface area contributed by atoms with Gasteiger partial charge in [-0.25, -0.2) is 4.79 Å². The van der Waals surface area contributed by atoms with E-state index in [2.05, 4.69) is 29.1 Å². The topological polar surface area (TPSA) is 57.0 Å². The van der Waals surface area contributed by atoms with Crippen molar-refractivity contribution in [1.29, 1.82) is 0 Å². The van der Waals surface area contributed by atoms with Crippen molar-refractivity contribution in [2.75, 3.05) is 7.11 Å². The highest BCUT2D eigenvalue weighted by molar-refractivity contribution is 7.20. The number of aromatic nitrogens is 3. The molecule has 4 rings (SSSR count). The fourth-order valence-corrected chi connectivity index (χ4v) is 3.95. The number of carbonyl (C=O) groups excluding carboxylic acids is 1. The van der Waals surface area contributed by atoms with Crippen LogP contribution in [0.2, 0.25) is 0 Å². The van der Waals surface area contributed by atoms with Crippen molar-refractivity contribution in [2.24, 2.45) is 7.05 Å². The lowest BCUT2D eigenvalue weighted by atomic mass is 10.00. The van der Waals surface area contributed by atoms with Crippen LogP contribution in [0.4, 0.5) is 0 Å². The van der Waals surface area contributed by atoms with Crippen LogP contribution in [0.5, 0.6) is 0 Å². The summed E-state index contributed by atoms with van der Waals surface area (Å²) in [5.74, 6) is -0.318. The number of methoxy groups -OCH3 is 1. The molecule has 0 amide bonds. The van der Waals surface area contributed by atoms with Gasteiger partial charge in [0.1, 0.15) is 4.88 Å². The van der Waals surface area contributed by atoms with Gasteiger partial charge >= 0.3 is 5.97 Å². The van der Waals surface area contributed by atoms with E-state index in [1.807, 2.05) is 30.2 Å². The number of rotatable bonds is 2. The van der Waals surface area contributed by atoms with E-state index in [1.165, 1.54) is 18.4 Å². The Morgan fingerprint density at radius 1 is 1.25 bits per heavy atom. The molecule has 0 spiro atoms. The minimum absolute atomic E-state index is 0.318. The highest BCUT2D eigenvalue weighted by atomic mass is 32.1. The Labute approximate surface area is 142 Å². The number of carbonyl (C=O) groups is 1. The lowest BCUT2D eigenvalue weighted by molar-refractivity contribution is 0.0606. The molecule has 120 valence electrons. The number of hydrogen-bond donors (Lipinski definition) is 0.